The first-order chi connectivity index (χ1) is 8.25. The third-order valence-electron chi connectivity index (χ3n) is 2.57. The molecule has 0 fully saturated rings. The van der Waals surface area contributed by atoms with Crippen molar-refractivity contribution in [2.45, 2.75) is 32.2 Å². The highest BCUT2D eigenvalue weighted by atomic mass is 32.1. The Labute approximate surface area is 106 Å². The molecule has 3 nitrogen and oxygen atoms in total. The molecule has 0 aliphatic heterocycles. The maximum atomic E-state index is 5.75. The molecule has 4 heteroatoms. The molecule has 0 amide bonds. The second-order valence-electron chi connectivity index (χ2n) is 4.16. The third kappa shape index (κ3) is 3.61. The number of aromatic nitrogens is 2. The van der Waals surface area contributed by atoms with E-state index in [9.17, 15) is 0 Å². The average molecular weight is 247 g/mol. The highest BCUT2D eigenvalue weighted by Crippen LogP contribution is 2.17. The van der Waals surface area contributed by atoms with E-state index in [0.717, 1.165) is 29.3 Å². The van der Waals surface area contributed by atoms with Gasteiger partial charge in [-0.15, -0.1) is 10.2 Å². The molecule has 2 N–H and O–H groups in total. The fourth-order valence-corrected chi connectivity index (χ4v) is 2.48. The quantitative estimate of drug-likeness (QED) is 0.884. The van der Waals surface area contributed by atoms with E-state index in [2.05, 4.69) is 34.5 Å². The van der Waals surface area contributed by atoms with Crippen LogP contribution in [0.5, 0.6) is 0 Å². The molecule has 0 spiro atoms. The van der Waals surface area contributed by atoms with E-state index in [-0.39, 0.29) is 6.04 Å². The molecule has 0 aliphatic rings. The van der Waals surface area contributed by atoms with Crippen molar-refractivity contribution in [2.75, 3.05) is 0 Å². The second-order valence-corrected chi connectivity index (χ2v) is 5.26. The van der Waals surface area contributed by atoms with Crippen molar-refractivity contribution in [2.24, 2.45) is 5.73 Å². The van der Waals surface area contributed by atoms with E-state index >= 15 is 0 Å². The van der Waals surface area contributed by atoms with E-state index in [4.69, 9.17) is 5.73 Å². The number of hydrogen-bond donors (Lipinski definition) is 1. The molecular formula is C13H17N3S. The van der Waals surface area contributed by atoms with Crippen molar-refractivity contribution >= 4 is 11.3 Å². The van der Waals surface area contributed by atoms with E-state index in [1.807, 2.05) is 13.0 Å². The van der Waals surface area contributed by atoms with Crippen LogP contribution in [-0.4, -0.2) is 10.2 Å². The third-order valence-corrected chi connectivity index (χ3v) is 3.75. The van der Waals surface area contributed by atoms with Crippen molar-refractivity contribution in [3.63, 3.8) is 0 Å². The standard InChI is InChI=1S/C13H17N3S/c1-10(14)13-16-15-12(17-13)9-5-8-11-6-3-2-4-7-11/h2-4,6-7,10H,5,8-9,14H2,1H3. The van der Waals surface area contributed by atoms with Crippen LogP contribution >= 0.6 is 11.3 Å². The van der Waals surface area contributed by atoms with Crippen LogP contribution in [0.2, 0.25) is 0 Å². The maximum Gasteiger partial charge on any atom is 0.133 e. The lowest BCUT2D eigenvalue weighted by molar-refractivity contribution is 0.768. The number of aryl methyl sites for hydroxylation is 2. The predicted octanol–water partition coefficient (Wildman–Crippen LogP) is 2.73. The van der Waals surface area contributed by atoms with Gasteiger partial charge in [0.2, 0.25) is 0 Å². The van der Waals surface area contributed by atoms with Gasteiger partial charge in [-0.2, -0.15) is 0 Å². The van der Waals surface area contributed by atoms with E-state index in [0.29, 0.717) is 0 Å². The molecule has 17 heavy (non-hydrogen) atoms. The Morgan fingerprint density at radius 1 is 1.18 bits per heavy atom. The molecule has 0 saturated heterocycles. The lowest BCUT2D eigenvalue weighted by Crippen LogP contribution is -2.03. The van der Waals surface area contributed by atoms with Crippen LogP contribution in [0.25, 0.3) is 0 Å². The molecule has 0 aliphatic carbocycles. The smallest absolute Gasteiger partial charge is 0.133 e. The van der Waals surface area contributed by atoms with Gasteiger partial charge in [-0.05, 0) is 25.3 Å². The SMILES string of the molecule is CC(N)c1nnc(CCCc2ccccc2)s1. The minimum Gasteiger partial charge on any atom is -0.322 e. The molecule has 0 radical (unpaired) electrons. The Bertz CT molecular complexity index is 451. The summed E-state index contributed by atoms with van der Waals surface area (Å²) in [5.74, 6) is 0. The molecule has 90 valence electrons. The van der Waals surface area contributed by atoms with Crippen LogP contribution in [-0.2, 0) is 12.8 Å². The minimum absolute atomic E-state index is 0.00428. The molecule has 0 saturated carbocycles. The Balaban J connectivity index is 1.82. The summed E-state index contributed by atoms with van der Waals surface area (Å²) < 4.78 is 0. The van der Waals surface area contributed by atoms with Crippen molar-refractivity contribution in [1.29, 1.82) is 0 Å². The van der Waals surface area contributed by atoms with E-state index < -0.39 is 0 Å². The van der Waals surface area contributed by atoms with Crippen LogP contribution in [0.3, 0.4) is 0 Å². The predicted molar refractivity (Wildman–Crippen MR) is 71.0 cm³/mol. The van der Waals surface area contributed by atoms with Gasteiger partial charge in [0.05, 0.1) is 6.04 Å². The summed E-state index contributed by atoms with van der Waals surface area (Å²) in [5, 5.41) is 10.3. The summed E-state index contributed by atoms with van der Waals surface area (Å²) >= 11 is 1.63. The first kappa shape index (κ1) is 12.2. The van der Waals surface area contributed by atoms with Gasteiger partial charge in [-0.25, -0.2) is 0 Å². The van der Waals surface area contributed by atoms with Crippen LogP contribution in [0, 0.1) is 0 Å². The highest BCUT2D eigenvalue weighted by Gasteiger charge is 2.07. The number of nitrogens with two attached hydrogens (primary N) is 1. The van der Waals surface area contributed by atoms with Gasteiger partial charge in [0.25, 0.3) is 0 Å². The average Bonchev–Trinajstić information content (AvgIpc) is 2.79. The lowest BCUT2D eigenvalue weighted by Gasteiger charge is -1.98. The monoisotopic (exact) mass is 247 g/mol. The number of benzene rings is 1. The highest BCUT2D eigenvalue weighted by molar-refractivity contribution is 7.11. The molecule has 0 bridgehead atoms. The zero-order chi connectivity index (χ0) is 12.1. The van der Waals surface area contributed by atoms with Gasteiger partial charge in [0.1, 0.15) is 10.0 Å². The molecule has 1 aromatic carbocycles. The fourth-order valence-electron chi connectivity index (χ4n) is 1.64. The Morgan fingerprint density at radius 3 is 2.59 bits per heavy atom. The van der Waals surface area contributed by atoms with E-state index in [1.54, 1.807) is 11.3 Å². The largest absolute Gasteiger partial charge is 0.322 e. The topological polar surface area (TPSA) is 51.8 Å². The number of hydrogen-bond acceptors (Lipinski definition) is 4. The molecule has 2 aromatic rings. The molecule has 2 rings (SSSR count). The summed E-state index contributed by atoms with van der Waals surface area (Å²) in [6.45, 7) is 1.94. The second kappa shape index (κ2) is 5.89. The van der Waals surface area contributed by atoms with Crippen LogP contribution in [0.1, 0.15) is 35.0 Å². The Hall–Kier alpha value is -1.26. The Morgan fingerprint density at radius 2 is 1.94 bits per heavy atom. The molecule has 1 atom stereocenters. The molecule has 1 aromatic heterocycles. The normalized spacial score (nSPS) is 12.6. The zero-order valence-electron chi connectivity index (χ0n) is 9.97. The van der Waals surface area contributed by atoms with Gasteiger partial charge < -0.3 is 5.73 Å². The van der Waals surface area contributed by atoms with Gasteiger partial charge in [-0.3, -0.25) is 0 Å². The van der Waals surface area contributed by atoms with Crippen molar-refractivity contribution < 1.29 is 0 Å². The summed E-state index contributed by atoms with van der Waals surface area (Å²) in [4.78, 5) is 0. The van der Waals surface area contributed by atoms with Gasteiger partial charge in [0, 0.05) is 6.42 Å². The number of nitrogens with zero attached hydrogens (tertiary/aromatic N) is 2. The number of rotatable bonds is 5. The van der Waals surface area contributed by atoms with Crippen molar-refractivity contribution in [3.05, 3.63) is 45.9 Å². The summed E-state index contributed by atoms with van der Waals surface area (Å²) in [6.07, 6.45) is 3.19. The van der Waals surface area contributed by atoms with Gasteiger partial charge >= 0.3 is 0 Å². The van der Waals surface area contributed by atoms with Crippen LogP contribution in [0.15, 0.2) is 30.3 Å². The van der Waals surface area contributed by atoms with Gasteiger partial charge in [-0.1, -0.05) is 41.7 Å². The summed E-state index contributed by atoms with van der Waals surface area (Å²) in [7, 11) is 0. The summed E-state index contributed by atoms with van der Waals surface area (Å²) in [5.41, 5.74) is 7.13. The van der Waals surface area contributed by atoms with Crippen LogP contribution < -0.4 is 5.73 Å². The summed E-state index contributed by atoms with van der Waals surface area (Å²) in [6, 6.07) is 10.5. The maximum absolute atomic E-state index is 5.75. The molecule has 1 heterocycles. The zero-order valence-corrected chi connectivity index (χ0v) is 10.8. The van der Waals surface area contributed by atoms with Crippen LogP contribution in [0.4, 0.5) is 0 Å². The first-order valence-corrected chi connectivity index (χ1v) is 6.69. The molecular weight excluding hydrogens is 230 g/mol. The van der Waals surface area contributed by atoms with Crippen molar-refractivity contribution in [1.82, 2.24) is 10.2 Å². The van der Waals surface area contributed by atoms with E-state index in [1.165, 1.54) is 5.56 Å². The lowest BCUT2D eigenvalue weighted by atomic mass is 10.1. The molecule has 1 unspecified atom stereocenters. The minimum atomic E-state index is -0.00428. The fraction of sp³-hybridized carbons (Fsp3) is 0.385. The van der Waals surface area contributed by atoms with Gasteiger partial charge in [0.15, 0.2) is 0 Å². The first-order valence-electron chi connectivity index (χ1n) is 5.87. The Kier molecular flexibility index (Phi) is 4.23. The van der Waals surface area contributed by atoms with Crippen molar-refractivity contribution in [3.8, 4) is 0 Å².